The summed E-state index contributed by atoms with van der Waals surface area (Å²) in [5, 5.41) is 0.142. The highest BCUT2D eigenvalue weighted by Gasteiger charge is 2.29. The van der Waals surface area contributed by atoms with Crippen molar-refractivity contribution in [3.8, 4) is 0 Å². The molecule has 2 rings (SSSR count). The number of nitrogens with zero attached hydrogens (tertiary/aromatic N) is 3. The van der Waals surface area contributed by atoms with E-state index >= 15 is 0 Å². The predicted octanol–water partition coefficient (Wildman–Crippen LogP) is 0.651. The van der Waals surface area contributed by atoms with E-state index in [2.05, 4.69) is 18.8 Å². The van der Waals surface area contributed by atoms with Crippen molar-refractivity contribution in [2.24, 2.45) is 11.7 Å². The van der Waals surface area contributed by atoms with E-state index < -0.39 is 10.0 Å². The first-order valence-electron chi connectivity index (χ1n) is 6.67. The standard InChI is InChI=1S/C12H22N4O2S/c1-10(2)7-15-8-12(14-9-15)19(17,18)16-5-3-11(13)4-6-16/h8-11H,3-7,13H2,1-2H3. The molecule has 0 amide bonds. The summed E-state index contributed by atoms with van der Waals surface area (Å²) in [6.45, 7) is 5.91. The monoisotopic (exact) mass is 286 g/mol. The summed E-state index contributed by atoms with van der Waals surface area (Å²) in [4.78, 5) is 4.04. The van der Waals surface area contributed by atoms with Crippen molar-refractivity contribution >= 4 is 10.0 Å². The third-order valence-corrected chi connectivity index (χ3v) is 5.07. The van der Waals surface area contributed by atoms with Crippen molar-refractivity contribution in [2.75, 3.05) is 13.1 Å². The van der Waals surface area contributed by atoms with Crippen LogP contribution in [0.3, 0.4) is 0 Å². The Hall–Kier alpha value is -0.920. The van der Waals surface area contributed by atoms with Crippen molar-refractivity contribution in [2.45, 2.75) is 44.3 Å². The van der Waals surface area contributed by atoms with Crippen molar-refractivity contribution in [1.82, 2.24) is 13.9 Å². The van der Waals surface area contributed by atoms with Crippen LogP contribution in [0.1, 0.15) is 26.7 Å². The maximum absolute atomic E-state index is 12.4. The van der Waals surface area contributed by atoms with Crippen LogP contribution in [-0.4, -0.2) is 41.4 Å². The highest BCUT2D eigenvalue weighted by Crippen LogP contribution is 2.19. The van der Waals surface area contributed by atoms with Gasteiger partial charge in [0.25, 0.3) is 10.0 Å². The second-order valence-electron chi connectivity index (χ2n) is 5.54. The molecule has 1 aliphatic heterocycles. The van der Waals surface area contributed by atoms with Crippen molar-refractivity contribution in [1.29, 1.82) is 0 Å². The van der Waals surface area contributed by atoms with E-state index in [1.54, 1.807) is 12.5 Å². The molecule has 0 atom stereocenters. The zero-order valence-corrected chi connectivity index (χ0v) is 12.3. The zero-order valence-electron chi connectivity index (χ0n) is 11.5. The molecule has 108 valence electrons. The van der Waals surface area contributed by atoms with Crippen LogP contribution in [0.25, 0.3) is 0 Å². The van der Waals surface area contributed by atoms with Crippen LogP contribution in [0.2, 0.25) is 0 Å². The molecule has 0 aliphatic carbocycles. The smallest absolute Gasteiger partial charge is 0.262 e. The normalized spacial score (nSPS) is 19.2. The van der Waals surface area contributed by atoms with Crippen LogP contribution < -0.4 is 5.73 Å². The first-order chi connectivity index (χ1) is 8.89. The van der Waals surface area contributed by atoms with E-state index in [0.29, 0.717) is 31.8 Å². The van der Waals surface area contributed by atoms with Gasteiger partial charge in [0.15, 0.2) is 5.03 Å². The number of imidazole rings is 1. The minimum Gasteiger partial charge on any atom is -0.336 e. The van der Waals surface area contributed by atoms with Crippen LogP contribution in [0.15, 0.2) is 17.6 Å². The molecule has 0 spiro atoms. The van der Waals surface area contributed by atoms with Gasteiger partial charge in [0.1, 0.15) is 0 Å². The SMILES string of the molecule is CC(C)Cn1cnc(S(=O)(=O)N2CCC(N)CC2)c1. The second kappa shape index (κ2) is 5.60. The minimum absolute atomic E-state index is 0.116. The summed E-state index contributed by atoms with van der Waals surface area (Å²) in [7, 11) is -3.45. The molecule has 0 radical (unpaired) electrons. The van der Waals surface area contributed by atoms with Crippen LogP contribution >= 0.6 is 0 Å². The Labute approximate surface area is 114 Å². The molecule has 0 bridgehead atoms. The fourth-order valence-corrected chi connectivity index (χ4v) is 3.65. The third kappa shape index (κ3) is 3.34. The zero-order chi connectivity index (χ0) is 14.0. The largest absolute Gasteiger partial charge is 0.336 e. The lowest BCUT2D eigenvalue weighted by Crippen LogP contribution is -2.42. The van der Waals surface area contributed by atoms with Gasteiger partial charge < -0.3 is 10.3 Å². The number of hydrogen-bond donors (Lipinski definition) is 1. The fourth-order valence-electron chi connectivity index (χ4n) is 2.24. The van der Waals surface area contributed by atoms with E-state index in [1.165, 1.54) is 4.31 Å². The van der Waals surface area contributed by atoms with Gasteiger partial charge in [0, 0.05) is 31.9 Å². The molecule has 1 aliphatic rings. The van der Waals surface area contributed by atoms with Gasteiger partial charge in [-0.2, -0.15) is 4.31 Å². The van der Waals surface area contributed by atoms with E-state index in [9.17, 15) is 8.42 Å². The highest BCUT2D eigenvalue weighted by atomic mass is 32.2. The molecule has 1 aromatic heterocycles. The molecule has 19 heavy (non-hydrogen) atoms. The number of aromatic nitrogens is 2. The molecular formula is C12H22N4O2S. The average molecular weight is 286 g/mol. The van der Waals surface area contributed by atoms with Gasteiger partial charge in [-0.15, -0.1) is 0 Å². The van der Waals surface area contributed by atoms with Crippen molar-refractivity contribution < 1.29 is 8.42 Å². The molecule has 0 aromatic carbocycles. The maximum atomic E-state index is 12.4. The van der Waals surface area contributed by atoms with Crippen LogP contribution in [0, 0.1) is 5.92 Å². The number of hydrogen-bond acceptors (Lipinski definition) is 4. The van der Waals surface area contributed by atoms with Crippen LogP contribution in [0.4, 0.5) is 0 Å². The Morgan fingerprint density at radius 3 is 2.63 bits per heavy atom. The molecule has 1 fully saturated rings. The van der Waals surface area contributed by atoms with Gasteiger partial charge in [-0.3, -0.25) is 0 Å². The number of piperidine rings is 1. The first kappa shape index (κ1) is 14.5. The van der Waals surface area contributed by atoms with E-state index in [0.717, 1.165) is 6.54 Å². The predicted molar refractivity (Wildman–Crippen MR) is 73.0 cm³/mol. The Balaban J connectivity index is 2.13. The Morgan fingerprint density at radius 1 is 1.42 bits per heavy atom. The molecular weight excluding hydrogens is 264 g/mol. The summed E-state index contributed by atoms with van der Waals surface area (Å²) in [5.74, 6) is 0.456. The van der Waals surface area contributed by atoms with Crippen molar-refractivity contribution in [3.63, 3.8) is 0 Å². The van der Waals surface area contributed by atoms with E-state index in [1.807, 2.05) is 4.57 Å². The average Bonchev–Trinajstić information content (AvgIpc) is 2.78. The minimum atomic E-state index is -3.45. The molecule has 7 heteroatoms. The van der Waals surface area contributed by atoms with Gasteiger partial charge >= 0.3 is 0 Å². The highest BCUT2D eigenvalue weighted by molar-refractivity contribution is 7.89. The summed E-state index contributed by atoms with van der Waals surface area (Å²) in [6.07, 6.45) is 4.63. The number of rotatable bonds is 4. The van der Waals surface area contributed by atoms with Crippen molar-refractivity contribution in [3.05, 3.63) is 12.5 Å². The molecule has 6 nitrogen and oxygen atoms in total. The third-order valence-electron chi connectivity index (χ3n) is 3.29. The lowest BCUT2D eigenvalue weighted by Gasteiger charge is -2.28. The first-order valence-corrected chi connectivity index (χ1v) is 8.11. The summed E-state index contributed by atoms with van der Waals surface area (Å²) >= 11 is 0. The van der Waals surface area contributed by atoms with Gasteiger partial charge in [0.2, 0.25) is 0 Å². The molecule has 0 saturated carbocycles. The van der Waals surface area contributed by atoms with Gasteiger partial charge in [0.05, 0.1) is 6.33 Å². The Morgan fingerprint density at radius 2 is 2.05 bits per heavy atom. The second-order valence-corrected chi connectivity index (χ2v) is 7.43. The molecule has 2 heterocycles. The molecule has 1 saturated heterocycles. The van der Waals surface area contributed by atoms with Crippen LogP contribution in [-0.2, 0) is 16.6 Å². The van der Waals surface area contributed by atoms with E-state index in [4.69, 9.17) is 5.73 Å². The lowest BCUT2D eigenvalue weighted by atomic mass is 10.1. The topological polar surface area (TPSA) is 81.2 Å². The molecule has 0 unspecified atom stereocenters. The summed E-state index contributed by atoms with van der Waals surface area (Å²) < 4.78 is 28.1. The molecule has 2 N–H and O–H groups in total. The van der Waals surface area contributed by atoms with Gasteiger partial charge in [-0.1, -0.05) is 13.8 Å². The molecule has 1 aromatic rings. The van der Waals surface area contributed by atoms with E-state index in [-0.39, 0.29) is 11.1 Å². The summed E-state index contributed by atoms with van der Waals surface area (Å²) in [6, 6.07) is 0.116. The Kier molecular flexibility index (Phi) is 4.27. The lowest BCUT2D eigenvalue weighted by molar-refractivity contribution is 0.319. The summed E-state index contributed by atoms with van der Waals surface area (Å²) in [5.41, 5.74) is 5.80. The number of sulfonamides is 1. The quantitative estimate of drug-likeness (QED) is 0.881. The van der Waals surface area contributed by atoms with Gasteiger partial charge in [-0.25, -0.2) is 13.4 Å². The van der Waals surface area contributed by atoms with Crippen LogP contribution in [0.5, 0.6) is 0 Å². The Bertz CT molecular complexity index is 516. The fraction of sp³-hybridized carbons (Fsp3) is 0.750. The van der Waals surface area contributed by atoms with Gasteiger partial charge in [-0.05, 0) is 18.8 Å². The maximum Gasteiger partial charge on any atom is 0.262 e. The number of nitrogens with two attached hydrogens (primary N) is 1.